The van der Waals surface area contributed by atoms with Crippen LogP contribution in [-0.2, 0) is 0 Å². The van der Waals surface area contributed by atoms with Crippen LogP contribution in [0.2, 0.25) is 0 Å². The molecule has 1 aromatic rings. The number of amides is 2. The monoisotopic (exact) mass is 218 g/mol. The van der Waals surface area contributed by atoms with Crippen molar-refractivity contribution in [3.8, 4) is 5.75 Å². The number of hydrogen-bond acceptors (Lipinski definition) is 4. The Morgan fingerprint density at radius 3 is 3.12 bits per heavy atom. The second-order valence-corrected chi connectivity index (χ2v) is 3.58. The van der Waals surface area contributed by atoms with E-state index < -0.39 is 0 Å². The van der Waals surface area contributed by atoms with E-state index in [2.05, 4.69) is 21.2 Å². The largest absolute Gasteiger partial charge is 0.497 e. The first-order valence-corrected chi connectivity index (χ1v) is 4.87. The number of urea groups is 1. The first-order valence-electron chi connectivity index (χ1n) is 4.87. The molecule has 0 saturated carbocycles. The summed E-state index contributed by atoms with van der Waals surface area (Å²) in [6, 6.07) is 5.20. The third-order valence-corrected chi connectivity index (χ3v) is 2.63. The van der Waals surface area contributed by atoms with Crippen molar-refractivity contribution in [2.24, 2.45) is 4.99 Å². The molecular weight excluding hydrogens is 208 g/mol. The Bertz CT molecular complexity index is 498. The number of carbonyl (C=O) groups is 1. The molecule has 3 N–H and O–H groups in total. The van der Waals surface area contributed by atoms with Crippen LogP contribution in [0, 0.1) is 0 Å². The quantitative estimate of drug-likeness (QED) is 0.646. The molecule has 2 aliphatic heterocycles. The average molecular weight is 218 g/mol. The van der Waals surface area contributed by atoms with Crippen LogP contribution in [0.25, 0.3) is 0 Å². The maximum absolute atomic E-state index is 11.1. The number of amidine groups is 1. The van der Waals surface area contributed by atoms with E-state index in [4.69, 9.17) is 4.74 Å². The standard InChI is InChI=1S/C10H10N4O2/c1-16-5-2-3-7-6(4-5)8-9(11-7)12-10(15)14-13-8/h2-4,8,13H,1H3,(H2,11,12,14,15). The lowest BCUT2D eigenvalue weighted by Gasteiger charge is -2.23. The smallest absolute Gasteiger partial charge is 0.334 e. The van der Waals surface area contributed by atoms with Gasteiger partial charge in [0.2, 0.25) is 0 Å². The SMILES string of the molecule is COc1ccc2c(c1)C1NNC(=O)NC1=N2. The molecular formula is C10H10N4O2. The zero-order valence-electron chi connectivity index (χ0n) is 8.57. The van der Waals surface area contributed by atoms with Crippen molar-refractivity contribution >= 4 is 17.6 Å². The first kappa shape index (κ1) is 9.17. The van der Waals surface area contributed by atoms with Crippen LogP contribution in [0.5, 0.6) is 5.75 Å². The van der Waals surface area contributed by atoms with Crippen LogP contribution in [0.4, 0.5) is 10.5 Å². The van der Waals surface area contributed by atoms with E-state index >= 15 is 0 Å². The van der Waals surface area contributed by atoms with Gasteiger partial charge in [0, 0.05) is 5.56 Å². The molecule has 1 aromatic carbocycles. The highest BCUT2D eigenvalue weighted by Gasteiger charge is 2.32. The van der Waals surface area contributed by atoms with Crippen LogP contribution < -0.4 is 20.9 Å². The van der Waals surface area contributed by atoms with Crippen LogP contribution in [0.3, 0.4) is 0 Å². The number of nitrogens with zero attached hydrogens (tertiary/aromatic N) is 1. The second kappa shape index (κ2) is 3.21. The molecule has 0 aliphatic carbocycles. The van der Waals surface area contributed by atoms with E-state index in [0.29, 0.717) is 5.84 Å². The van der Waals surface area contributed by atoms with Gasteiger partial charge in [-0.1, -0.05) is 0 Å². The summed E-state index contributed by atoms with van der Waals surface area (Å²) in [6.45, 7) is 0. The van der Waals surface area contributed by atoms with Gasteiger partial charge in [-0.15, -0.1) is 0 Å². The van der Waals surface area contributed by atoms with Gasteiger partial charge < -0.3 is 4.74 Å². The third-order valence-electron chi connectivity index (χ3n) is 2.63. The summed E-state index contributed by atoms with van der Waals surface area (Å²) in [6.07, 6.45) is 0. The van der Waals surface area contributed by atoms with Gasteiger partial charge in [-0.05, 0) is 18.2 Å². The summed E-state index contributed by atoms with van der Waals surface area (Å²) in [7, 11) is 1.62. The van der Waals surface area contributed by atoms with Crippen molar-refractivity contribution < 1.29 is 9.53 Å². The fraction of sp³-hybridized carbons (Fsp3) is 0.200. The minimum Gasteiger partial charge on any atom is -0.497 e. The van der Waals surface area contributed by atoms with Crippen molar-refractivity contribution in [1.29, 1.82) is 0 Å². The average Bonchev–Trinajstić information content (AvgIpc) is 2.65. The number of hydrazine groups is 1. The molecule has 2 heterocycles. The normalized spacial score (nSPS) is 21.4. The fourth-order valence-electron chi connectivity index (χ4n) is 1.87. The molecule has 0 spiro atoms. The lowest BCUT2D eigenvalue weighted by molar-refractivity contribution is 0.236. The number of methoxy groups -OCH3 is 1. The number of ether oxygens (including phenoxy) is 1. The predicted molar refractivity (Wildman–Crippen MR) is 57.6 cm³/mol. The van der Waals surface area contributed by atoms with Gasteiger partial charge >= 0.3 is 6.03 Å². The van der Waals surface area contributed by atoms with Crippen LogP contribution in [-0.4, -0.2) is 19.0 Å². The van der Waals surface area contributed by atoms with Gasteiger partial charge in [-0.25, -0.2) is 15.2 Å². The molecule has 1 unspecified atom stereocenters. The number of carbonyl (C=O) groups excluding carboxylic acids is 1. The van der Waals surface area contributed by atoms with Gasteiger partial charge in [-0.2, -0.15) is 0 Å². The maximum Gasteiger partial charge on any atom is 0.334 e. The molecule has 0 aromatic heterocycles. The molecule has 16 heavy (non-hydrogen) atoms. The van der Waals surface area contributed by atoms with E-state index in [1.807, 2.05) is 18.2 Å². The highest BCUT2D eigenvalue weighted by Crippen LogP contribution is 2.36. The highest BCUT2D eigenvalue weighted by molar-refractivity contribution is 6.06. The van der Waals surface area contributed by atoms with E-state index in [0.717, 1.165) is 17.0 Å². The van der Waals surface area contributed by atoms with E-state index in [1.54, 1.807) is 7.11 Å². The molecule has 0 radical (unpaired) electrons. The van der Waals surface area contributed by atoms with Gasteiger partial charge in [-0.3, -0.25) is 10.7 Å². The van der Waals surface area contributed by atoms with Crippen molar-refractivity contribution in [2.45, 2.75) is 6.04 Å². The van der Waals surface area contributed by atoms with Gasteiger partial charge in [0.25, 0.3) is 0 Å². The Kier molecular flexibility index (Phi) is 1.84. The lowest BCUT2D eigenvalue weighted by Crippen LogP contribution is -2.57. The number of rotatable bonds is 1. The molecule has 1 atom stereocenters. The summed E-state index contributed by atoms with van der Waals surface area (Å²) in [4.78, 5) is 15.4. The first-order chi connectivity index (χ1) is 7.78. The minimum atomic E-state index is -0.297. The Hall–Kier alpha value is -2.08. The molecule has 1 saturated heterocycles. The number of aliphatic imine (C=N–C) groups is 1. The predicted octanol–water partition coefficient (Wildman–Crippen LogP) is 0.597. The summed E-state index contributed by atoms with van der Waals surface area (Å²) < 4.78 is 5.15. The molecule has 0 bridgehead atoms. The van der Waals surface area contributed by atoms with E-state index in [-0.39, 0.29) is 12.1 Å². The van der Waals surface area contributed by atoms with Gasteiger partial charge in [0.1, 0.15) is 17.6 Å². The van der Waals surface area contributed by atoms with E-state index in [9.17, 15) is 4.79 Å². The van der Waals surface area contributed by atoms with Gasteiger partial charge in [0.15, 0.2) is 0 Å². The molecule has 6 nitrogen and oxygen atoms in total. The Morgan fingerprint density at radius 2 is 2.31 bits per heavy atom. The number of fused-ring (bicyclic) bond motifs is 3. The zero-order chi connectivity index (χ0) is 11.1. The number of hydrogen-bond donors (Lipinski definition) is 3. The summed E-state index contributed by atoms with van der Waals surface area (Å²) in [5, 5.41) is 2.66. The summed E-state index contributed by atoms with van der Waals surface area (Å²) in [5.41, 5.74) is 7.23. The number of benzene rings is 1. The lowest BCUT2D eigenvalue weighted by atomic mass is 10.1. The van der Waals surface area contributed by atoms with Crippen molar-refractivity contribution in [3.63, 3.8) is 0 Å². The third kappa shape index (κ3) is 1.24. The minimum absolute atomic E-state index is 0.122. The Morgan fingerprint density at radius 1 is 1.44 bits per heavy atom. The van der Waals surface area contributed by atoms with Crippen LogP contribution >= 0.6 is 0 Å². The topological polar surface area (TPSA) is 74.8 Å². The molecule has 2 aliphatic rings. The number of nitrogens with one attached hydrogen (secondary N) is 3. The summed E-state index contributed by atoms with van der Waals surface area (Å²) >= 11 is 0. The second-order valence-electron chi connectivity index (χ2n) is 3.58. The Labute approximate surface area is 91.7 Å². The van der Waals surface area contributed by atoms with Crippen LogP contribution in [0.1, 0.15) is 11.6 Å². The van der Waals surface area contributed by atoms with Crippen molar-refractivity contribution in [3.05, 3.63) is 23.8 Å². The molecule has 6 heteroatoms. The van der Waals surface area contributed by atoms with Gasteiger partial charge in [0.05, 0.1) is 12.8 Å². The maximum atomic E-state index is 11.1. The molecule has 82 valence electrons. The molecule has 3 rings (SSSR count). The van der Waals surface area contributed by atoms with Crippen molar-refractivity contribution in [1.82, 2.24) is 16.2 Å². The highest BCUT2D eigenvalue weighted by atomic mass is 16.5. The van der Waals surface area contributed by atoms with Crippen molar-refractivity contribution in [2.75, 3.05) is 7.11 Å². The fourth-order valence-corrected chi connectivity index (χ4v) is 1.87. The molecule has 1 fully saturated rings. The summed E-state index contributed by atoms with van der Waals surface area (Å²) in [5.74, 6) is 1.39. The molecule has 2 amide bonds. The Balaban J connectivity index is 2.02. The van der Waals surface area contributed by atoms with E-state index in [1.165, 1.54) is 0 Å². The van der Waals surface area contributed by atoms with Crippen LogP contribution in [0.15, 0.2) is 23.2 Å². The zero-order valence-corrected chi connectivity index (χ0v) is 8.57.